The van der Waals surface area contributed by atoms with Gasteiger partial charge in [-0.1, -0.05) is 23.7 Å². The van der Waals surface area contributed by atoms with Gasteiger partial charge in [-0.05, 0) is 61.0 Å². The van der Waals surface area contributed by atoms with Crippen LogP contribution in [0.4, 0.5) is 4.39 Å². The van der Waals surface area contributed by atoms with Crippen molar-refractivity contribution < 1.29 is 14.2 Å². The summed E-state index contributed by atoms with van der Waals surface area (Å²) >= 11 is 7.62. The lowest BCUT2D eigenvalue weighted by atomic mass is 10.2. The molecular weight excluding hydrogens is 397 g/mol. The molecular formula is C22H23ClFNO2S. The molecule has 3 nitrogen and oxygen atoms in total. The molecule has 0 radical (unpaired) electrons. The van der Waals surface area contributed by atoms with E-state index < -0.39 is 6.10 Å². The zero-order chi connectivity index (χ0) is 19.9. The molecule has 0 fully saturated rings. The Kier molecular flexibility index (Phi) is 7.45. The minimum Gasteiger partial charge on any atom is -0.491 e. The summed E-state index contributed by atoms with van der Waals surface area (Å²) in [6.45, 7) is 4.04. The van der Waals surface area contributed by atoms with E-state index in [-0.39, 0.29) is 12.4 Å². The van der Waals surface area contributed by atoms with Crippen LogP contribution in [-0.4, -0.2) is 29.3 Å². The summed E-state index contributed by atoms with van der Waals surface area (Å²) in [5.41, 5.74) is 1.00. The Morgan fingerprint density at radius 3 is 2.39 bits per heavy atom. The van der Waals surface area contributed by atoms with Gasteiger partial charge in [-0.15, -0.1) is 11.3 Å². The van der Waals surface area contributed by atoms with E-state index in [1.807, 2.05) is 0 Å². The molecule has 0 saturated heterocycles. The summed E-state index contributed by atoms with van der Waals surface area (Å²) < 4.78 is 18.9. The van der Waals surface area contributed by atoms with Crippen molar-refractivity contribution in [3.63, 3.8) is 0 Å². The topological polar surface area (TPSA) is 32.7 Å². The Morgan fingerprint density at radius 1 is 1.04 bits per heavy atom. The van der Waals surface area contributed by atoms with Crippen LogP contribution in [0.3, 0.4) is 0 Å². The van der Waals surface area contributed by atoms with Crippen LogP contribution in [0.15, 0.2) is 60.7 Å². The standard InChI is InChI=1S/C22H23ClFNO2S/c1-16-2-11-22(28-16)14-25(12-17-3-7-19(24)8-4-17)13-20(26)15-27-21-9-5-18(23)6-10-21/h2-11,20,26H,12-15H2,1H3/t20-/m1/s1. The second-order valence-corrected chi connectivity index (χ2v) is 8.54. The number of rotatable bonds is 9. The molecule has 6 heteroatoms. The highest BCUT2D eigenvalue weighted by Gasteiger charge is 2.15. The van der Waals surface area contributed by atoms with E-state index in [0.717, 1.165) is 5.56 Å². The molecule has 0 aliphatic carbocycles. The van der Waals surface area contributed by atoms with Crippen molar-refractivity contribution in [3.05, 3.63) is 86.8 Å². The first kappa shape index (κ1) is 20.8. The van der Waals surface area contributed by atoms with E-state index in [0.29, 0.717) is 30.4 Å². The lowest BCUT2D eigenvalue weighted by Gasteiger charge is -2.25. The van der Waals surface area contributed by atoms with Gasteiger partial charge in [-0.2, -0.15) is 0 Å². The Hall–Kier alpha value is -1.92. The third kappa shape index (κ3) is 6.60. The molecule has 148 valence electrons. The van der Waals surface area contributed by atoms with Gasteiger partial charge >= 0.3 is 0 Å². The van der Waals surface area contributed by atoms with Gasteiger partial charge < -0.3 is 9.84 Å². The highest BCUT2D eigenvalue weighted by atomic mass is 35.5. The van der Waals surface area contributed by atoms with Gasteiger partial charge in [0, 0.05) is 34.4 Å². The number of halogens is 2. The SMILES string of the molecule is Cc1ccc(CN(Cc2ccc(F)cc2)C[C@@H](O)COc2ccc(Cl)cc2)s1. The normalized spacial score (nSPS) is 12.3. The Balaban J connectivity index is 1.61. The minimum absolute atomic E-state index is 0.186. The fraction of sp³-hybridized carbons (Fsp3) is 0.273. The predicted octanol–water partition coefficient (Wildman–Crippen LogP) is 5.29. The van der Waals surface area contributed by atoms with E-state index in [1.54, 1.807) is 47.7 Å². The Labute approximate surface area is 174 Å². The highest BCUT2D eigenvalue weighted by Crippen LogP contribution is 2.20. The molecule has 0 aliphatic heterocycles. The van der Waals surface area contributed by atoms with Gasteiger partial charge in [0.15, 0.2) is 0 Å². The summed E-state index contributed by atoms with van der Waals surface area (Å²) in [4.78, 5) is 4.63. The van der Waals surface area contributed by atoms with E-state index in [9.17, 15) is 9.50 Å². The molecule has 0 aliphatic rings. The lowest BCUT2D eigenvalue weighted by molar-refractivity contribution is 0.0632. The van der Waals surface area contributed by atoms with Crippen LogP contribution in [0.5, 0.6) is 5.75 Å². The van der Waals surface area contributed by atoms with Gasteiger partial charge in [0.05, 0.1) is 0 Å². The summed E-state index contributed by atoms with van der Waals surface area (Å²) in [5, 5.41) is 11.1. The van der Waals surface area contributed by atoms with Crippen LogP contribution in [0.25, 0.3) is 0 Å². The first-order chi connectivity index (χ1) is 13.5. The van der Waals surface area contributed by atoms with E-state index in [1.165, 1.54) is 21.9 Å². The summed E-state index contributed by atoms with van der Waals surface area (Å²) in [6, 6.07) is 17.7. The van der Waals surface area contributed by atoms with Crippen molar-refractivity contribution in [2.75, 3.05) is 13.2 Å². The van der Waals surface area contributed by atoms with E-state index in [2.05, 4.69) is 24.0 Å². The van der Waals surface area contributed by atoms with Crippen molar-refractivity contribution in [2.24, 2.45) is 0 Å². The lowest BCUT2D eigenvalue weighted by Crippen LogP contribution is -2.34. The van der Waals surface area contributed by atoms with Gasteiger partial charge in [0.25, 0.3) is 0 Å². The first-order valence-electron chi connectivity index (χ1n) is 9.06. The number of aliphatic hydroxyl groups excluding tert-OH is 1. The zero-order valence-electron chi connectivity index (χ0n) is 15.6. The molecule has 0 spiro atoms. The minimum atomic E-state index is -0.655. The van der Waals surface area contributed by atoms with Crippen LogP contribution in [0.1, 0.15) is 15.3 Å². The average molecular weight is 420 g/mol. The van der Waals surface area contributed by atoms with E-state index >= 15 is 0 Å². The van der Waals surface area contributed by atoms with Crippen molar-refractivity contribution in [1.29, 1.82) is 0 Å². The molecule has 1 N–H and O–H groups in total. The zero-order valence-corrected chi connectivity index (χ0v) is 17.2. The molecule has 3 aromatic rings. The van der Waals surface area contributed by atoms with Crippen LogP contribution in [0, 0.1) is 12.7 Å². The molecule has 1 heterocycles. The summed E-state index contributed by atoms with van der Waals surface area (Å²) in [6.07, 6.45) is -0.655. The van der Waals surface area contributed by atoms with Crippen LogP contribution >= 0.6 is 22.9 Å². The number of benzene rings is 2. The second-order valence-electron chi connectivity index (χ2n) is 6.73. The van der Waals surface area contributed by atoms with Crippen molar-refractivity contribution in [1.82, 2.24) is 4.90 Å². The summed E-state index contributed by atoms with van der Waals surface area (Å²) in [5.74, 6) is 0.419. The van der Waals surface area contributed by atoms with Gasteiger partial charge in [-0.3, -0.25) is 4.90 Å². The van der Waals surface area contributed by atoms with Crippen LogP contribution in [-0.2, 0) is 13.1 Å². The number of hydrogen-bond acceptors (Lipinski definition) is 4. The molecule has 0 amide bonds. The fourth-order valence-electron chi connectivity index (χ4n) is 2.90. The number of aliphatic hydroxyl groups is 1. The maximum atomic E-state index is 13.2. The van der Waals surface area contributed by atoms with Crippen molar-refractivity contribution in [2.45, 2.75) is 26.1 Å². The number of hydrogen-bond donors (Lipinski definition) is 1. The number of thiophene rings is 1. The number of aryl methyl sites for hydroxylation is 1. The van der Waals surface area contributed by atoms with Crippen molar-refractivity contribution >= 4 is 22.9 Å². The maximum absolute atomic E-state index is 13.2. The van der Waals surface area contributed by atoms with Crippen LogP contribution < -0.4 is 4.74 Å². The molecule has 1 atom stereocenters. The molecule has 0 saturated carbocycles. The van der Waals surface area contributed by atoms with Gasteiger partial charge in [0.1, 0.15) is 24.3 Å². The Bertz CT molecular complexity index is 867. The molecule has 0 unspecified atom stereocenters. The summed E-state index contributed by atoms with van der Waals surface area (Å²) in [7, 11) is 0. The smallest absolute Gasteiger partial charge is 0.123 e. The van der Waals surface area contributed by atoms with E-state index in [4.69, 9.17) is 16.3 Å². The predicted molar refractivity (Wildman–Crippen MR) is 113 cm³/mol. The third-order valence-corrected chi connectivity index (χ3v) is 5.46. The molecule has 1 aromatic heterocycles. The van der Waals surface area contributed by atoms with Gasteiger partial charge in [-0.25, -0.2) is 4.39 Å². The Morgan fingerprint density at radius 2 is 1.75 bits per heavy atom. The molecule has 0 bridgehead atoms. The van der Waals surface area contributed by atoms with Gasteiger partial charge in [0.2, 0.25) is 0 Å². The highest BCUT2D eigenvalue weighted by molar-refractivity contribution is 7.11. The maximum Gasteiger partial charge on any atom is 0.123 e. The van der Waals surface area contributed by atoms with Crippen molar-refractivity contribution in [3.8, 4) is 5.75 Å². The first-order valence-corrected chi connectivity index (χ1v) is 10.3. The monoisotopic (exact) mass is 419 g/mol. The average Bonchev–Trinajstić information content (AvgIpc) is 3.08. The molecule has 28 heavy (non-hydrogen) atoms. The third-order valence-electron chi connectivity index (χ3n) is 4.22. The number of nitrogens with zero attached hydrogens (tertiary/aromatic N) is 1. The second kappa shape index (κ2) is 10.0. The fourth-order valence-corrected chi connectivity index (χ4v) is 3.96. The molecule has 2 aromatic carbocycles. The number of ether oxygens (including phenoxy) is 1. The molecule has 3 rings (SSSR count). The largest absolute Gasteiger partial charge is 0.491 e. The van der Waals surface area contributed by atoms with Crippen LogP contribution in [0.2, 0.25) is 5.02 Å². The quantitative estimate of drug-likeness (QED) is 0.511.